The highest BCUT2D eigenvalue weighted by Gasteiger charge is 2.17. The minimum Gasteiger partial charge on any atom is -0.423 e. The van der Waals surface area contributed by atoms with Gasteiger partial charge in [0.2, 0.25) is 0 Å². The van der Waals surface area contributed by atoms with Crippen molar-refractivity contribution in [3.8, 4) is 11.5 Å². The van der Waals surface area contributed by atoms with Crippen molar-refractivity contribution in [2.45, 2.75) is 20.8 Å². The Balaban J connectivity index is 2.33. The number of hydrogen-bond acceptors (Lipinski definition) is 4. The first-order chi connectivity index (χ1) is 11.0. The van der Waals surface area contributed by atoms with E-state index in [-0.39, 0.29) is 11.5 Å². The summed E-state index contributed by atoms with van der Waals surface area (Å²) in [5, 5.41) is 4.06. The van der Waals surface area contributed by atoms with Crippen molar-refractivity contribution in [1.82, 2.24) is 0 Å². The molecule has 0 spiro atoms. The Hall–Kier alpha value is -2.88. The van der Waals surface area contributed by atoms with E-state index in [0.717, 1.165) is 27.1 Å². The maximum Gasteiger partial charge on any atom is 0.308 e. The standard InChI is InChI=1S/C19H16O4/c1-11-17-9-15-7-5-4-6-14(15)8-16(17)10-18(22-12(2)20)19(11)23-13(3)21/h4-10H,1-3H3. The van der Waals surface area contributed by atoms with Gasteiger partial charge in [0.05, 0.1) is 0 Å². The van der Waals surface area contributed by atoms with Crippen LogP contribution in [0.1, 0.15) is 19.4 Å². The molecule has 0 aliphatic rings. The van der Waals surface area contributed by atoms with E-state index in [1.807, 2.05) is 43.3 Å². The van der Waals surface area contributed by atoms with Gasteiger partial charge in [-0.1, -0.05) is 24.3 Å². The first-order valence-corrected chi connectivity index (χ1v) is 7.28. The fourth-order valence-electron chi connectivity index (χ4n) is 2.72. The van der Waals surface area contributed by atoms with Crippen molar-refractivity contribution in [3.63, 3.8) is 0 Å². The summed E-state index contributed by atoms with van der Waals surface area (Å²) in [5.74, 6) is -0.372. The van der Waals surface area contributed by atoms with E-state index in [2.05, 4.69) is 0 Å². The van der Waals surface area contributed by atoms with Crippen LogP contribution in [0, 0.1) is 6.92 Å². The van der Waals surface area contributed by atoms with Crippen molar-refractivity contribution in [2.75, 3.05) is 0 Å². The number of fused-ring (bicyclic) bond motifs is 2. The number of carbonyl (C=O) groups excluding carboxylic acids is 2. The molecule has 0 atom stereocenters. The molecule has 116 valence electrons. The number of aryl methyl sites for hydroxylation is 1. The highest BCUT2D eigenvalue weighted by Crippen LogP contribution is 2.39. The summed E-state index contributed by atoms with van der Waals surface area (Å²) in [4.78, 5) is 22.7. The quantitative estimate of drug-likeness (QED) is 0.405. The van der Waals surface area contributed by atoms with E-state index in [1.54, 1.807) is 6.07 Å². The smallest absolute Gasteiger partial charge is 0.308 e. The second-order valence-corrected chi connectivity index (χ2v) is 5.44. The van der Waals surface area contributed by atoms with E-state index in [1.165, 1.54) is 13.8 Å². The van der Waals surface area contributed by atoms with Gasteiger partial charge in [-0.3, -0.25) is 9.59 Å². The van der Waals surface area contributed by atoms with Crippen LogP contribution >= 0.6 is 0 Å². The molecule has 0 fully saturated rings. The molecule has 0 aromatic heterocycles. The minimum absolute atomic E-state index is 0.257. The van der Waals surface area contributed by atoms with Crippen molar-refractivity contribution in [1.29, 1.82) is 0 Å². The zero-order valence-corrected chi connectivity index (χ0v) is 13.2. The molecule has 0 aliphatic heterocycles. The predicted molar refractivity (Wildman–Crippen MR) is 88.8 cm³/mol. The SMILES string of the molecule is CC(=O)Oc1cc2cc3ccccc3cc2c(C)c1OC(C)=O. The Morgan fingerprint density at radius 3 is 2.04 bits per heavy atom. The van der Waals surface area contributed by atoms with Gasteiger partial charge in [-0.2, -0.15) is 0 Å². The van der Waals surface area contributed by atoms with Gasteiger partial charge >= 0.3 is 11.9 Å². The van der Waals surface area contributed by atoms with Gasteiger partial charge in [-0.25, -0.2) is 0 Å². The van der Waals surface area contributed by atoms with Gasteiger partial charge in [0, 0.05) is 19.4 Å². The molecule has 0 N–H and O–H groups in total. The first-order valence-electron chi connectivity index (χ1n) is 7.28. The lowest BCUT2D eigenvalue weighted by Crippen LogP contribution is -2.08. The van der Waals surface area contributed by atoms with Gasteiger partial charge in [0.1, 0.15) is 0 Å². The van der Waals surface area contributed by atoms with E-state index in [4.69, 9.17) is 9.47 Å². The second-order valence-electron chi connectivity index (χ2n) is 5.44. The average molecular weight is 308 g/mol. The number of benzene rings is 3. The third-order valence-electron chi connectivity index (χ3n) is 3.67. The zero-order valence-electron chi connectivity index (χ0n) is 13.2. The molecule has 4 nitrogen and oxygen atoms in total. The molecule has 3 aromatic rings. The van der Waals surface area contributed by atoms with Gasteiger partial charge in [0.25, 0.3) is 0 Å². The molecule has 0 unspecified atom stereocenters. The topological polar surface area (TPSA) is 52.6 Å². The molecule has 0 saturated carbocycles. The fraction of sp³-hybridized carbons (Fsp3) is 0.158. The molecule has 0 aliphatic carbocycles. The van der Waals surface area contributed by atoms with Gasteiger partial charge < -0.3 is 9.47 Å². The number of esters is 2. The predicted octanol–water partition coefficient (Wildman–Crippen LogP) is 4.15. The van der Waals surface area contributed by atoms with Crippen molar-refractivity contribution < 1.29 is 19.1 Å². The van der Waals surface area contributed by atoms with Crippen LogP contribution in [-0.4, -0.2) is 11.9 Å². The molecular weight excluding hydrogens is 292 g/mol. The van der Waals surface area contributed by atoms with Crippen LogP contribution in [0.3, 0.4) is 0 Å². The summed E-state index contributed by atoms with van der Waals surface area (Å²) in [7, 11) is 0. The Bertz CT molecular complexity index is 941. The summed E-state index contributed by atoms with van der Waals surface area (Å²) < 4.78 is 10.5. The zero-order chi connectivity index (χ0) is 16.6. The molecule has 0 heterocycles. The van der Waals surface area contributed by atoms with E-state index in [9.17, 15) is 9.59 Å². The summed E-state index contributed by atoms with van der Waals surface area (Å²) in [5.41, 5.74) is 0.764. The number of carbonyl (C=O) groups is 2. The van der Waals surface area contributed by atoms with Crippen molar-refractivity contribution in [2.24, 2.45) is 0 Å². The number of ether oxygens (including phenoxy) is 2. The Morgan fingerprint density at radius 2 is 1.43 bits per heavy atom. The maximum absolute atomic E-state index is 11.4. The van der Waals surface area contributed by atoms with E-state index in [0.29, 0.717) is 0 Å². The van der Waals surface area contributed by atoms with E-state index >= 15 is 0 Å². The fourth-order valence-corrected chi connectivity index (χ4v) is 2.72. The molecule has 3 aromatic carbocycles. The normalized spacial score (nSPS) is 10.7. The van der Waals surface area contributed by atoms with Crippen LogP contribution in [0.25, 0.3) is 21.5 Å². The van der Waals surface area contributed by atoms with Crippen LogP contribution < -0.4 is 9.47 Å². The van der Waals surface area contributed by atoms with Crippen molar-refractivity contribution in [3.05, 3.63) is 48.0 Å². The molecule has 0 amide bonds. The van der Waals surface area contributed by atoms with Crippen LogP contribution in [0.5, 0.6) is 11.5 Å². The monoisotopic (exact) mass is 308 g/mol. The van der Waals surface area contributed by atoms with Gasteiger partial charge in [-0.15, -0.1) is 0 Å². The lowest BCUT2D eigenvalue weighted by Gasteiger charge is -2.14. The maximum atomic E-state index is 11.4. The average Bonchev–Trinajstić information content (AvgIpc) is 2.49. The van der Waals surface area contributed by atoms with Crippen LogP contribution in [0.4, 0.5) is 0 Å². The Kier molecular flexibility index (Phi) is 3.74. The van der Waals surface area contributed by atoms with Crippen LogP contribution in [0.2, 0.25) is 0 Å². The van der Waals surface area contributed by atoms with Crippen molar-refractivity contribution >= 4 is 33.5 Å². The first kappa shape index (κ1) is 15.0. The highest BCUT2D eigenvalue weighted by molar-refractivity contribution is 6.01. The number of rotatable bonds is 2. The van der Waals surface area contributed by atoms with E-state index < -0.39 is 11.9 Å². The second kappa shape index (κ2) is 5.72. The molecule has 0 radical (unpaired) electrons. The van der Waals surface area contributed by atoms with Crippen LogP contribution in [-0.2, 0) is 9.59 Å². The lowest BCUT2D eigenvalue weighted by molar-refractivity contribution is -0.134. The Labute approximate surface area is 133 Å². The lowest BCUT2D eigenvalue weighted by atomic mass is 9.99. The largest absolute Gasteiger partial charge is 0.423 e. The summed E-state index contributed by atoms with van der Waals surface area (Å²) in [6.07, 6.45) is 0. The molecule has 3 rings (SSSR count). The molecule has 0 bridgehead atoms. The molecule has 0 saturated heterocycles. The molecular formula is C19H16O4. The summed E-state index contributed by atoms with van der Waals surface area (Å²) in [6, 6.07) is 13.8. The minimum atomic E-state index is -0.460. The number of hydrogen-bond donors (Lipinski definition) is 0. The van der Waals surface area contributed by atoms with Gasteiger partial charge in [0.15, 0.2) is 11.5 Å². The third kappa shape index (κ3) is 2.88. The Morgan fingerprint density at radius 1 is 0.826 bits per heavy atom. The molecule has 4 heteroatoms. The molecule has 23 heavy (non-hydrogen) atoms. The third-order valence-corrected chi connectivity index (χ3v) is 3.67. The van der Waals surface area contributed by atoms with Gasteiger partial charge in [-0.05, 0) is 46.7 Å². The summed E-state index contributed by atoms with van der Waals surface area (Å²) >= 11 is 0. The highest BCUT2D eigenvalue weighted by atomic mass is 16.6. The summed E-state index contributed by atoms with van der Waals surface area (Å²) in [6.45, 7) is 4.49. The van der Waals surface area contributed by atoms with Crippen LogP contribution in [0.15, 0.2) is 42.5 Å².